The number of amides is 1. The van der Waals surface area contributed by atoms with E-state index in [2.05, 4.69) is 5.32 Å². The quantitative estimate of drug-likeness (QED) is 0.906. The van der Waals surface area contributed by atoms with Gasteiger partial charge in [-0.05, 0) is 31.9 Å². The van der Waals surface area contributed by atoms with Gasteiger partial charge in [0, 0.05) is 6.61 Å². The van der Waals surface area contributed by atoms with Crippen molar-refractivity contribution in [1.82, 2.24) is 5.32 Å². The van der Waals surface area contributed by atoms with Gasteiger partial charge in [0.05, 0.1) is 21.4 Å². The average Bonchev–Trinajstić information content (AvgIpc) is 2.87. The molecular weight excluding hydrogens is 246 g/mol. The van der Waals surface area contributed by atoms with Gasteiger partial charge >= 0.3 is 0 Å². The first-order valence-corrected chi connectivity index (χ1v) is 6.54. The minimum Gasteiger partial charge on any atom is -0.376 e. The first-order chi connectivity index (χ1) is 7.66. The summed E-state index contributed by atoms with van der Waals surface area (Å²) in [6.45, 7) is 2.78. The molecule has 1 saturated heterocycles. The zero-order chi connectivity index (χ0) is 11.5. The van der Waals surface area contributed by atoms with Crippen LogP contribution in [-0.2, 0) is 4.74 Å². The maximum atomic E-state index is 11.8. The molecule has 0 radical (unpaired) electrons. The van der Waals surface area contributed by atoms with Gasteiger partial charge in [0.25, 0.3) is 5.91 Å². The van der Waals surface area contributed by atoms with Crippen LogP contribution in [0.15, 0.2) is 12.1 Å². The Bertz CT molecular complexity index is 374. The second-order valence-corrected chi connectivity index (χ2v) is 5.63. The molecule has 0 bridgehead atoms. The molecule has 0 aliphatic carbocycles. The molecule has 0 spiro atoms. The summed E-state index contributed by atoms with van der Waals surface area (Å²) >= 11 is 7.07. The van der Waals surface area contributed by atoms with Gasteiger partial charge in [-0.25, -0.2) is 0 Å². The molecule has 0 saturated carbocycles. The number of thiophene rings is 1. The van der Waals surface area contributed by atoms with E-state index < -0.39 is 0 Å². The van der Waals surface area contributed by atoms with E-state index in [1.807, 2.05) is 6.92 Å². The summed E-state index contributed by atoms with van der Waals surface area (Å²) in [6, 6.07) is 3.53. The molecule has 5 heteroatoms. The summed E-state index contributed by atoms with van der Waals surface area (Å²) in [4.78, 5) is 12.5. The van der Waals surface area contributed by atoms with E-state index in [1.165, 1.54) is 11.3 Å². The predicted molar refractivity (Wildman–Crippen MR) is 65.2 cm³/mol. The molecule has 88 valence electrons. The Morgan fingerprint density at radius 1 is 1.69 bits per heavy atom. The van der Waals surface area contributed by atoms with Crippen molar-refractivity contribution in [3.05, 3.63) is 21.3 Å². The van der Waals surface area contributed by atoms with E-state index in [9.17, 15) is 4.79 Å². The molecule has 1 aromatic heterocycles. The smallest absolute Gasteiger partial charge is 0.261 e. The Morgan fingerprint density at radius 2 is 2.50 bits per heavy atom. The van der Waals surface area contributed by atoms with Crippen molar-refractivity contribution >= 4 is 28.8 Å². The summed E-state index contributed by atoms with van der Waals surface area (Å²) in [7, 11) is 0. The molecule has 1 aliphatic rings. The molecule has 2 atom stereocenters. The van der Waals surface area contributed by atoms with Gasteiger partial charge in [-0.2, -0.15) is 0 Å². The molecule has 0 aromatic carbocycles. The Balaban J connectivity index is 1.91. The van der Waals surface area contributed by atoms with Crippen LogP contribution in [-0.4, -0.2) is 24.7 Å². The molecule has 3 nitrogen and oxygen atoms in total. The summed E-state index contributed by atoms with van der Waals surface area (Å²) in [6.07, 6.45) is 2.25. The minimum atomic E-state index is -0.0695. The highest BCUT2D eigenvalue weighted by Crippen LogP contribution is 2.22. The third-order valence-corrected chi connectivity index (χ3v) is 3.91. The van der Waals surface area contributed by atoms with Gasteiger partial charge in [0.15, 0.2) is 0 Å². The first-order valence-electron chi connectivity index (χ1n) is 5.34. The van der Waals surface area contributed by atoms with Crippen LogP contribution in [0, 0.1) is 0 Å². The number of carbonyl (C=O) groups excluding carboxylic acids is 1. The van der Waals surface area contributed by atoms with E-state index in [0.29, 0.717) is 9.21 Å². The highest BCUT2D eigenvalue weighted by atomic mass is 35.5. The molecule has 1 N–H and O–H groups in total. The fraction of sp³-hybridized carbons (Fsp3) is 0.545. The second-order valence-electron chi connectivity index (χ2n) is 3.92. The van der Waals surface area contributed by atoms with E-state index in [0.717, 1.165) is 19.4 Å². The maximum absolute atomic E-state index is 11.8. The van der Waals surface area contributed by atoms with Gasteiger partial charge in [0.2, 0.25) is 0 Å². The lowest BCUT2D eigenvalue weighted by molar-refractivity contribution is 0.0714. The van der Waals surface area contributed by atoms with Crippen LogP contribution >= 0.6 is 22.9 Å². The highest BCUT2D eigenvalue weighted by molar-refractivity contribution is 7.17. The van der Waals surface area contributed by atoms with Crippen molar-refractivity contribution in [3.8, 4) is 0 Å². The first kappa shape index (κ1) is 11.9. The lowest BCUT2D eigenvalue weighted by atomic mass is 10.1. The van der Waals surface area contributed by atoms with Crippen molar-refractivity contribution in [2.24, 2.45) is 0 Å². The summed E-state index contributed by atoms with van der Waals surface area (Å²) in [5, 5.41) is 2.94. The molecule has 2 heterocycles. The molecule has 1 amide bonds. The summed E-state index contributed by atoms with van der Waals surface area (Å²) in [5.74, 6) is -0.0695. The Morgan fingerprint density at radius 3 is 3.06 bits per heavy atom. The number of carbonyl (C=O) groups is 1. The lowest BCUT2D eigenvalue weighted by Gasteiger charge is -2.19. The fourth-order valence-corrected chi connectivity index (χ4v) is 2.75. The van der Waals surface area contributed by atoms with Gasteiger partial charge in [-0.3, -0.25) is 4.79 Å². The molecule has 1 aromatic rings. The topological polar surface area (TPSA) is 38.3 Å². The van der Waals surface area contributed by atoms with E-state index in [-0.39, 0.29) is 18.1 Å². The van der Waals surface area contributed by atoms with Crippen molar-refractivity contribution in [3.63, 3.8) is 0 Å². The van der Waals surface area contributed by atoms with Crippen LogP contribution in [0.2, 0.25) is 4.34 Å². The SMILES string of the molecule is C[C@H](NC(=O)c1ccc(Cl)s1)[C@H]1CCCO1. The van der Waals surface area contributed by atoms with Crippen LogP contribution in [0.5, 0.6) is 0 Å². The summed E-state index contributed by atoms with van der Waals surface area (Å²) in [5.41, 5.74) is 0. The highest BCUT2D eigenvalue weighted by Gasteiger charge is 2.24. The van der Waals surface area contributed by atoms with Crippen molar-refractivity contribution < 1.29 is 9.53 Å². The number of hydrogen-bond acceptors (Lipinski definition) is 3. The molecule has 1 aliphatic heterocycles. The second kappa shape index (κ2) is 5.17. The largest absolute Gasteiger partial charge is 0.376 e. The van der Waals surface area contributed by atoms with Crippen LogP contribution in [0.3, 0.4) is 0 Å². The normalized spacial score (nSPS) is 22.0. The monoisotopic (exact) mass is 259 g/mol. The van der Waals surface area contributed by atoms with Gasteiger partial charge in [0.1, 0.15) is 0 Å². The Labute approximate surface area is 104 Å². The van der Waals surface area contributed by atoms with Crippen LogP contribution in [0.1, 0.15) is 29.4 Å². The molecule has 2 rings (SSSR count). The Kier molecular flexibility index (Phi) is 3.84. The Hall–Kier alpha value is -0.580. The van der Waals surface area contributed by atoms with Crippen molar-refractivity contribution in [2.45, 2.75) is 31.9 Å². The number of nitrogens with one attached hydrogen (secondary N) is 1. The van der Waals surface area contributed by atoms with Crippen LogP contribution in [0.25, 0.3) is 0 Å². The van der Waals surface area contributed by atoms with E-state index in [1.54, 1.807) is 12.1 Å². The third-order valence-electron chi connectivity index (χ3n) is 2.68. The molecule has 1 fully saturated rings. The van der Waals surface area contributed by atoms with Crippen molar-refractivity contribution in [1.29, 1.82) is 0 Å². The number of halogens is 1. The van der Waals surface area contributed by atoms with Crippen LogP contribution in [0.4, 0.5) is 0 Å². The van der Waals surface area contributed by atoms with Crippen molar-refractivity contribution in [2.75, 3.05) is 6.61 Å². The number of rotatable bonds is 3. The maximum Gasteiger partial charge on any atom is 0.261 e. The molecule has 16 heavy (non-hydrogen) atoms. The summed E-state index contributed by atoms with van der Waals surface area (Å²) < 4.78 is 6.15. The zero-order valence-electron chi connectivity index (χ0n) is 9.03. The van der Waals surface area contributed by atoms with E-state index >= 15 is 0 Å². The van der Waals surface area contributed by atoms with Crippen LogP contribution < -0.4 is 5.32 Å². The van der Waals surface area contributed by atoms with Gasteiger partial charge in [-0.15, -0.1) is 11.3 Å². The number of hydrogen-bond donors (Lipinski definition) is 1. The molecule has 0 unspecified atom stereocenters. The minimum absolute atomic E-state index is 0.0517. The zero-order valence-corrected chi connectivity index (χ0v) is 10.6. The fourth-order valence-electron chi connectivity index (χ4n) is 1.80. The number of ether oxygens (including phenoxy) is 1. The average molecular weight is 260 g/mol. The standard InChI is InChI=1S/C11H14ClNO2S/c1-7(8-3-2-6-15-8)13-11(14)9-4-5-10(12)16-9/h4-5,7-8H,2-3,6H2,1H3,(H,13,14)/t7-,8+/m0/s1. The lowest BCUT2D eigenvalue weighted by Crippen LogP contribution is -2.40. The van der Waals surface area contributed by atoms with E-state index in [4.69, 9.17) is 16.3 Å². The molecular formula is C11H14ClNO2S. The van der Waals surface area contributed by atoms with Gasteiger partial charge < -0.3 is 10.1 Å². The predicted octanol–water partition coefficient (Wildman–Crippen LogP) is 2.70. The van der Waals surface area contributed by atoms with Gasteiger partial charge in [-0.1, -0.05) is 11.6 Å². The third kappa shape index (κ3) is 2.75.